The van der Waals surface area contributed by atoms with Crippen LogP contribution in [0.25, 0.3) is 0 Å². The van der Waals surface area contributed by atoms with Gasteiger partial charge in [0.15, 0.2) is 0 Å². The predicted molar refractivity (Wildman–Crippen MR) is 77.2 cm³/mol. The van der Waals surface area contributed by atoms with Gasteiger partial charge in [-0.15, -0.1) is 0 Å². The summed E-state index contributed by atoms with van der Waals surface area (Å²) in [6.45, 7) is 0. The fraction of sp³-hybridized carbons (Fsp3) is 0.364. The molecule has 0 bridgehead atoms. The zero-order chi connectivity index (χ0) is 14.6. The van der Waals surface area contributed by atoms with Gasteiger partial charge in [-0.1, -0.05) is 29.3 Å². The number of hydrogen-bond donors (Lipinski definition) is 1. The van der Waals surface area contributed by atoms with Gasteiger partial charge in [-0.3, -0.25) is 4.79 Å². The fourth-order valence-corrected chi connectivity index (χ4v) is 2.37. The molecular weight excluding hydrogens is 311 g/mol. The van der Waals surface area contributed by atoms with Gasteiger partial charge in [0.2, 0.25) is 15.9 Å². The molecule has 0 aliphatic rings. The Balaban J connectivity index is 2.64. The van der Waals surface area contributed by atoms with Crippen LogP contribution in [0.2, 0.25) is 10.0 Å². The van der Waals surface area contributed by atoms with E-state index in [-0.39, 0.29) is 17.2 Å². The smallest absolute Gasteiger partial charge is 0.225 e. The van der Waals surface area contributed by atoms with Gasteiger partial charge in [-0.2, -0.15) is 0 Å². The van der Waals surface area contributed by atoms with Crippen molar-refractivity contribution in [2.75, 3.05) is 25.2 Å². The lowest BCUT2D eigenvalue weighted by molar-refractivity contribution is -0.115. The minimum absolute atomic E-state index is 0.149. The van der Waals surface area contributed by atoms with Crippen molar-refractivity contribution in [2.45, 2.75) is 6.42 Å². The predicted octanol–water partition coefficient (Wildman–Crippen LogP) is 2.21. The lowest BCUT2D eigenvalue weighted by Crippen LogP contribution is -2.27. The molecule has 1 aromatic carbocycles. The second-order valence-corrected chi connectivity index (χ2v) is 7.09. The zero-order valence-corrected chi connectivity index (χ0v) is 12.8. The van der Waals surface area contributed by atoms with E-state index in [0.29, 0.717) is 10.7 Å². The Morgan fingerprint density at radius 2 is 1.95 bits per heavy atom. The summed E-state index contributed by atoms with van der Waals surface area (Å²) in [5.41, 5.74) is 0.362. The number of nitrogens with one attached hydrogen (secondary N) is 1. The second-order valence-electron chi connectivity index (χ2n) is 4.00. The summed E-state index contributed by atoms with van der Waals surface area (Å²) in [4.78, 5) is 11.6. The van der Waals surface area contributed by atoms with E-state index in [2.05, 4.69) is 5.32 Å². The highest BCUT2D eigenvalue weighted by Gasteiger charge is 2.16. The molecule has 0 aliphatic carbocycles. The van der Waals surface area contributed by atoms with E-state index < -0.39 is 15.9 Å². The summed E-state index contributed by atoms with van der Waals surface area (Å²) in [6.07, 6.45) is -0.149. The monoisotopic (exact) mass is 324 g/mol. The molecule has 0 spiro atoms. The Bertz CT molecular complexity index is 573. The molecule has 1 N–H and O–H groups in total. The van der Waals surface area contributed by atoms with Gasteiger partial charge in [0.05, 0.1) is 21.5 Å². The molecule has 106 valence electrons. The summed E-state index contributed by atoms with van der Waals surface area (Å²) >= 11 is 11.7. The summed E-state index contributed by atoms with van der Waals surface area (Å²) in [5, 5.41) is 3.07. The second kappa shape index (κ2) is 6.56. The first-order valence-corrected chi connectivity index (χ1v) is 7.74. The molecule has 0 fully saturated rings. The molecule has 1 aromatic rings. The number of halogens is 2. The molecule has 0 heterocycles. The molecule has 0 saturated carbocycles. The third kappa shape index (κ3) is 4.65. The van der Waals surface area contributed by atoms with Crippen molar-refractivity contribution in [2.24, 2.45) is 0 Å². The minimum Gasteiger partial charge on any atom is -0.325 e. The maximum absolute atomic E-state index is 11.6. The van der Waals surface area contributed by atoms with Crippen molar-refractivity contribution in [1.29, 1.82) is 0 Å². The average molecular weight is 325 g/mol. The highest BCUT2D eigenvalue weighted by molar-refractivity contribution is 7.89. The number of anilines is 1. The summed E-state index contributed by atoms with van der Waals surface area (Å²) in [6, 6.07) is 4.82. The number of carbonyl (C=O) groups is 1. The van der Waals surface area contributed by atoms with Crippen LogP contribution in [-0.4, -0.2) is 38.5 Å². The molecule has 0 saturated heterocycles. The Labute approximate surface area is 122 Å². The molecule has 1 amide bonds. The van der Waals surface area contributed by atoms with Crippen LogP contribution in [0.3, 0.4) is 0 Å². The molecule has 0 unspecified atom stereocenters. The number of hydrogen-bond acceptors (Lipinski definition) is 3. The van der Waals surface area contributed by atoms with Crippen molar-refractivity contribution in [3.05, 3.63) is 28.2 Å². The van der Waals surface area contributed by atoms with Gasteiger partial charge in [0, 0.05) is 20.5 Å². The number of carbonyl (C=O) groups excluding carboxylic acids is 1. The molecule has 1 rings (SSSR count). The normalized spacial score (nSPS) is 11.6. The van der Waals surface area contributed by atoms with Crippen LogP contribution in [0.1, 0.15) is 6.42 Å². The summed E-state index contributed by atoms with van der Waals surface area (Å²) in [7, 11) is -0.555. The molecule has 19 heavy (non-hydrogen) atoms. The van der Waals surface area contributed by atoms with Crippen molar-refractivity contribution >= 4 is 44.8 Å². The van der Waals surface area contributed by atoms with Crippen LogP contribution >= 0.6 is 23.2 Å². The lowest BCUT2D eigenvalue weighted by Gasteiger charge is -2.11. The van der Waals surface area contributed by atoms with E-state index in [9.17, 15) is 13.2 Å². The van der Waals surface area contributed by atoms with E-state index in [1.165, 1.54) is 14.1 Å². The number of sulfonamides is 1. The number of benzene rings is 1. The third-order valence-electron chi connectivity index (χ3n) is 2.37. The van der Waals surface area contributed by atoms with Crippen molar-refractivity contribution in [3.63, 3.8) is 0 Å². The van der Waals surface area contributed by atoms with Crippen molar-refractivity contribution in [3.8, 4) is 0 Å². The Morgan fingerprint density at radius 3 is 2.53 bits per heavy atom. The van der Waals surface area contributed by atoms with Crippen LogP contribution in [0.15, 0.2) is 18.2 Å². The summed E-state index contributed by atoms with van der Waals surface area (Å²) in [5.74, 6) is -0.695. The maximum atomic E-state index is 11.6. The van der Waals surface area contributed by atoms with Gasteiger partial charge in [0.25, 0.3) is 0 Å². The largest absolute Gasteiger partial charge is 0.325 e. The van der Waals surface area contributed by atoms with E-state index in [0.717, 1.165) is 4.31 Å². The Hall–Kier alpha value is -0.820. The van der Waals surface area contributed by atoms with Crippen molar-refractivity contribution in [1.82, 2.24) is 4.31 Å². The first-order valence-electron chi connectivity index (χ1n) is 5.38. The Morgan fingerprint density at radius 1 is 1.32 bits per heavy atom. The minimum atomic E-state index is -3.39. The Kier molecular flexibility index (Phi) is 5.61. The molecule has 0 atom stereocenters. The van der Waals surface area contributed by atoms with Gasteiger partial charge < -0.3 is 5.32 Å². The standard InChI is InChI=1S/C11H14Cl2N2O3S/c1-15(2)19(17,18)7-6-10(16)14-9-5-3-4-8(12)11(9)13/h3-5H,6-7H2,1-2H3,(H,14,16). The van der Waals surface area contributed by atoms with Gasteiger partial charge in [-0.05, 0) is 12.1 Å². The van der Waals surface area contributed by atoms with E-state index in [1.54, 1.807) is 18.2 Å². The highest BCUT2D eigenvalue weighted by atomic mass is 35.5. The quantitative estimate of drug-likeness (QED) is 0.903. The van der Waals surface area contributed by atoms with Crippen LogP contribution in [0, 0.1) is 0 Å². The maximum Gasteiger partial charge on any atom is 0.225 e. The molecule has 5 nitrogen and oxygen atoms in total. The van der Waals surface area contributed by atoms with Crippen molar-refractivity contribution < 1.29 is 13.2 Å². The van der Waals surface area contributed by atoms with Gasteiger partial charge in [0.1, 0.15) is 0 Å². The SMILES string of the molecule is CN(C)S(=O)(=O)CCC(=O)Nc1cccc(Cl)c1Cl. The first kappa shape index (κ1) is 16.2. The fourth-order valence-electron chi connectivity index (χ4n) is 1.22. The molecule has 8 heteroatoms. The molecule has 0 aromatic heterocycles. The van der Waals surface area contributed by atoms with Crippen LogP contribution in [-0.2, 0) is 14.8 Å². The molecular formula is C11H14Cl2N2O3S. The topological polar surface area (TPSA) is 66.5 Å². The van der Waals surface area contributed by atoms with E-state index in [1.807, 2.05) is 0 Å². The van der Waals surface area contributed by atoms with Crippen LogP contribution in [0.5, 0.6) is 0 Å². The highest BCUT2D eigenvalue weighted by Crippen LogP contribution is 2.29. The number of nitrogens with zero attached hydrogens (tertiary/aromatic N) is 1. The van der Waals surface area contributed by atoms with E-state index in [4.69, 9.17) is 23.2 Å². The molecule has 0 aliphatic heterocycles. The van der Waals surface area contributed by atoms with Gasteiger partial charge >= 0.3 is 0 Å². The average Bonchev–Trinajstić information content (AvgIpc) is 2.32. The van der Waals surface area contributed by atoms with E-state index >= 15 is 0 Å². The number of rotatable bonds is 5. The van der Waals surface area contributed by atoms with Crippen LogP contribution in [0.4, 0.5) is 5.69 Å². The first-order chi connectivity index (χ1) is 8.74. The lowest BCUT2D eigenvalue weighted by atomic mass is 10.3. The van der Waals surface area contributed by atoms with Gasteiger partial charge in [-0.25, -0.2) is 12.7 Å². The molecule has 0 radical (unpaired) electrons. The summed E-state index contributed by atoms with van der Waals surface area (Å²) < 4.78 is 24.1. The third-order valence-corrected chi connectivity index (χ3v) is 5.02. The van der Waals surface area contributed by atoms with Crippen LogP contribution < -0.4 is 5.32 Å². The zero-order valence-electron chi connectivity index (χ0n) is 10.5. The number of amides is 1.